The molecule has 2 aromatic carbocycles. The van der Waals surface area contributed by atoms with Crippen LogP contribution in [0, 0.1) is 5.82 Å². The Labute approximate surface area is 194 Å². The predicted molar refractivity (Wildman–Crippen MR) is 122 cm³/mol. The number of nitrogens with one attached hydrogen (secondary N) is 4. The zero-order valence-corrected chi connectivity index (χ0v) is 18.2. The molecule has 33 heavy (non-hydrogen) atoms. The van der Waals surface area contributed by atoms with Crippen LogP contribution in [0.15, 0.2) is 47.5 Å². The summed E-state index contributed by atoms with van der Waals surface area (Å²) in [4.78, 5) is 42.1. The molecule has 11 heteroatoms. The first kappa shape index (κ1) is 22.7. The summed E-state index contributed by atoms with van der Waals surface area (Å²) in [5.74, 6) is -2.25. The molecule has 0 saturated carbocycles. The summed E-state index contributed by atoms with van der Waals surface area (Å²) in [6.07, 6.45) is 2.08. The van der Waals surface area contributed by atoms with Gasteiger partial charge in [0.05, 0.1) is 16.9 Å². The lowest BCUT2D eigenvalue weighted by atomic mass is 9.82. The highest BCUT2D eigenvalue weighted by atomic mass is 35.5. The summed E-state index contributed by atoms with van der Waals surface area (Å²) in [6.45, 7) is 1.44. The van der Waals surface area contributed by atoms with Gasteiger partial charge in [-0.25, -0.2) is 4.39 Å². The van der Waals surface area contributed by atoms with Gasteiger partial charge in [0.1, 0.15) is 5.82 Å². The average Bonchev–Trinajstić information content (AvgIpc) is 3.44. The number of hydrogen-bond donors (Lipinski definition) is 5. The quantitative estimate of drug-likeness (QED) is 0.425. The van der Waals surface area contributed by atoms with Gasteiger partial charge in [-0.15, -0.1) is 0 Å². The van der Waals surface area contributed by atoms with Crippen LogP contribution in [0.5, 0.6) is 0 Å². The number of aliphatic imine (C=N–C) groups is 1. The van der Waals surface area contributed by atoms with Crippen molar-refractivity contribution in [2.75, 3.05) is 18.4 Å². The maximum absolute atomic E-state index is 13.2. The highest BCUT2D eigenvalue weighted by molar-refractivity contribution is 6.34. The van der Waals surface area contributed by atoms with Gasteiger partial charge in [0.25, 0.3) is 11.8 Å². The van der Waals surface area contributed by atoms with E-state index in [1.807, 2.05) is 0 Å². The Kier molecular flexibility index (Phi) is 6.30. The summed E-state index contributed by atoms with van der Waals surface area (Å²) in [5.41, 5.74) is 5.09. The molecule has 0 bridgehead atoms. The minimum Gasteiger partial charge on any atom is -0.367 e. The Bertz CT molecular complexity index is 1120. The second-order valence-corrected chi connectivity index (χ2v) is 8.26. The minimum absolute atomic E-state index is 0.0181. The zero-order valence-electron chi connectivity index (χ0n) is 17.4. The number of carbonyl (C=O) groups is 3. The molecule has 172 valence electrons. The molecular weight excluding hydrogens is 451 g/mol. The highest BCUT2D eigenvalue weighted by Gasteiger charge is 2.52. The van der Waals surface area contributed by atoms with Crippen LogP contribution in [-0.2, 0) is 15.1 Å². The first-order valence-corrected chi connectivity index (χ1v) is 10.7. The lowest BCUT2D eigenvalue weighted by molar-refractivity contribution is -0.132. The van der Waals surface area contributed by atoms with Crippen molar-refractivity contribution in [2.24, 2.45) is 10.7 Å². The molecule has 0 radical (unpaired) electrons. The highest BCUT2D eigenvalue weighted by Crippen LogP contribution is 2.31. The standard InChI is InChI=1S/C22H22ClFN6O3/c23-17-9-13(24)3-6-16(17)19(31)29-14-4-1-12(2-5-14)22(21(25)33)18(27-11-28-22)20(32)30-15-7-8-26-10-15/h1-6,9,11,15,18,26H,7-8,10H2,(H2,25,33)(H,27,28)(H,29,31)(H,30,32)/t15-,18?,22?/m1/s1. The van der Waals surface area contributed by atoms with Crippen LogP contribution in [0.2, 0.25) is 5.02 Å². The van der Waals surface area contributed by atoms with Crippen molar-refractivity contribution in [1.82, 2.24) is 16.0 Å². The van der Waals surface area contributed by atoms with Crippen LogP contribution < -0.4 is 27.0 Å². The third-order valence-corrected chi connectivity index (χ3v) is 6.06. The largest absolute Gasteiger partial charge is 0.367 e. The molecular formula is C22H22ClFN6O3. The lowest BCUT2D eigenvalue weighted by Crippen LogP contribution is -2.60. The molecule has 3 amide bonds. The van der Waals surface area contributed by atoms with E-state index < -0.39 is 35.1 Å². The monoisotopic (exact) mass is 472 g/mol. The normalized spacial score (nSPS) is 23.7. The number of nitrogens with zero attached hydrogens (tertiary/aromatic N) is 1. The number of amides is 3. The van der Waals surface area contributed by atoms with Crippen molar-refractivity contribution in [3.63, 3.8) is 0 Å². The minimum atomic E-state index is -1.57. The van der Waals surface area contributed by atoms with E-state index in [1.54, 1.807) is 24.3 Å². The van der Waals surface area contributed by atoms with Crippen molar-refractivity contribution >= 4 is 41.3 Å². The zero-order chi connectivity index (χ0) is 23.6. The van der Waals surface area contributed by atoms with Crippen molar-refractivity contribution < 1.29 is 18.8 Å². The first-order chi connectivity index (χ1) is 15.8. The Hall–Kier alpha value is -3.50. The van der Waals surface area contributed by atoms with Crippen LogP contribution in [0.25, 0.3) is 0 Å². The number of rotatable bonds is 6. The van der Waals surface area contributed by atoms with E-state index in [0.29, 0.717) is 17.8 Å². The van der Waals surface area contributed by atoms with Gasteiger partial charge in [-0.3, -0.25) is 19.4 Å². The summed E-state index contributed by atoms with van der Waals surface area (Å²) in [6, 6.07) is 8.61. The molecule has 0 spiro atoms. The molecule has 0 aromatic heterocycles. The fraction of sp³-hybridized carbons (Fsp3) is 0.273. The fourth-order valence-corrected chi connectivity index (χ4v) is 4.26. The SMILES string of the molecule is NC(=O)C1(c2ccc(NC(=O)c3ccc(F)cc3Cl)cc2)NC=NC1C(=O)N[C@@H]1CCNC1. The smallest absolute Gasteiger partial charge is 0.257 e. The van der Waals surface area contributed by atoms with Gasteiger partial charge in [-0.1, -0.05) is 23.7 Å². The first-order valence-electron chi connectivity index (χ1n) is 10.3. The number of halogens is 2. The van der Waals surface area contributed by atoms with Gasteiger partial charge in [-0.2, -0.15) is 0 Å². The third-order valence-electron chi connectivity index (χ3n) is 5.74. The second-order valence-electron chi connectivity index (χ2n) is 7.85. The van der Waals surface area contributed by atoms with Crippen LogP contribution in [-0.4, -0.2) is 49.2 Å². The Morgan fingerprint density at radius 3 is 2.58 bits per heavy atom. The number of anilines is 1. The Balaban J connectivity index is 1.54. The van der Waals surface area contributed by atoms with E-state index in [0.717, 1.165) is 25.1 Å². The van der Waals surface area contributed by atoms with Gasteiger partial charge in [0.15, 0.2) is 11.6 Å². The van der Waals surface area contributed by atoms with Gasteiger partial charge in [-0.05, 0) is 48.9 Å². The van der Waals surface area contributed by atoms with Gasteiger partial charge >= 0.3 is 0 Å². The molecule has 3 atom stereocenters. The summed E-state index contributed by atoms with van der Waals surface area (Å²) >= 11 is 5.95. The predicted octanol–water partition coefficient (Wildman–Crippen LogP) is 0.890. The molecule has 1 fully saturated rings. The van der Waals surface area contributed by atoms with E-state index >= 15 is 0 Å². The molecule has 0 aliphatic carbocycles. The second kappa shape index (κ2) is 9.16. The topological polar surface area (TPSA) is 138 Å². The van der Waals surface area contributed by atoms with Gasteiger partial charge in [0, 0.05) is 18.3 Å². The van der Waals surface area contributed by atoms with Crippen molar-refractivity contribution in [2.45, 2.75) is 24.0 Å². The summed E-state index contributed by atoms with van der Waals surface area (Å²) < 4.78 is 13.2. The van der Waals surface area contributed by atoms with Crippen LogP contribution in [0.4, 0.5) is 10.1 Å². The average molecular weight is 473 g/mol. The third kappa shape index (κ3) is 4.39. The van der Waals surface area contributed by atoms with E-state index in [4.69, 9.17) is 17.3 Å². The molecule has 2 aliphatic rings. The van der Waals surface area contributed by atoms with E-state index in [-0.39, 0.29) is 16.6 Å². The number of hydrogen-bond acceptors (Lipinski definition) is 6. The number of benzene rings is 2. The molecule has 9 nitrogen and oxygen atoms in total. The van der Waals surface area contributed by atoms with Crippen molar-refractivity contribution in [3.8, 4) is 0 Å². The van der Waals surface area contributed by atoms with Crippen molar-refractivity contribution in [1.29, 1.82) is 0 Å². The maximum Gasteiger partial charge on any atom is 0.257 e. The Morgan fingerprint density at radius 1 is 1.18 bits per heavy atom. The summed E-state index contributed by atoms with van der Waals surface area (Å²) in [7, 11) is 0. The molecule has 1 saturated heterocycles. The van der Waals surface area contributed by atoms with Crippen LogP contribution >= 0.6 is 11.6 Å². The van der Waals surface area contributed by atoms with E-state index in [9.17, 15) is 18.8 Å². The number of primary amides is 1. The molecule has 2 heterocycles. The van der Waals surface area contributed by atoms with E-state index in [2.05, 4.69) is 26.3 Å². The molecule has 2 aliphatic heterocycles. The Morgan fingerprint density at radius 2 is 1.94 bits per heavy atom. The van der Waals surface area contributed by atoms with Gasteiger partial charge in [0.2, 0.25) is 5.91 Å². The molecule has 2 unspecified atom stereocenters. The molecule has 4 rings (SSSR count). The molecule has 2 aromatic rings. The van der Waals surface area contributed by atoms with Gasteiger partial charge < -0.3 is 27.0 Å². The number of nitrogens with two attached hydrogens (primary N) is 1. The molecule has 6 N–H and O–H groups in total. The number of carbonyl (C=O) groups excluding carboxylic acids is 3. The fourth-order valence-electron chi connectivity index (χ4n) is 4.00. The lowest BCUT2D eigenvalue weighted by Gasteiger charge is -2.32. The van der Waals surface area contributed by atoms with Crippen LogP contribution in [0.3, 0.4) is 0 Å². The van der Waals surface area contributed by atoms with Crippen molar-refractivity contribution in [3.05, 3.63) is 64.4 Å². The van der Waals surface area contributed by atoms with Crippen LogP contribution in [0.1, 0.15) is 22.3 Å². The maximum atomic E-state index is 13.2. The summed E-state index contributed by atoms with van der Waals surface area (Å²) in [5, 5.41) is 11.6. The van der Waals surface area contributed by atoms with E-state index in [1.165, 1.54) is 12.4 Å².